The Hall–Kier alpha value is -1.95. The quantitative estimate of drug-likeness (QED) is 0.751. The zero-order chi connectivity index (χ0) is 14.7. The van der Waals surface area contributed by atoms with Gasteiger partial charge < -0.3 is 15.7 Å². The molecule has 2 rings (SSSR count). The van der Waals surface area contributed by atoms with E-state index in [4.69, 9.17) is 0 Å². The van der Waals surface area contributed by atoms with Gasteiger partial charge >= 0.3 is 0 Å². The largest absolute Gasteiger partial charge is 0.386 e. The Morgan fingerprint density at radius 2 is 2.10 bits per heavy atom. The number of halogens is 1. The van der Waals surface area contributed by atoms with E-state index >= 15 is 0 Å². The van der Waals surface area contributed by atoms with E-state index in [1.165, 1.54) is 24.3 Å². The molecular formula is C14H17FN2O3. The number of carbonyl (C=O) groups excluding carboxylic acids is 2. The molecule has 3 unspecified atom stereocenters. The topological polar surface area (TPSA) is 78.4 Å². The lowest BCUT2D eigenvalue weighted by atomic mass is 10.0. The minimum atomic E-state index is -0.926. The zero-order valence-corrected chi connectivity index (χ0v) is 11.1. The minimum absolute atomic E-state index is 0.142. The van der Waals surface area contributed by atoms with Crippen molar-refractivity contribution >= 4 is 11.8 Å². The van der Waals surface area contributed by atoms with Gasteiger partial charge in [-0.25, -0.2) is 4.39 Å². The Morgan fingerprint density at radius 3 is 2.65 bits per heavy atom. The molecule has 1 saturated heterocycles. The van der Waals surface area contributed by atoms with E-state index in [2.05, 4.69) is 10.6 Å². The number of nitrogens with one attached hydrogen (secondary N) is 2. The average Bonchev–Trinajstić information content (AvgIpc) is 2.85. The van der Waals surface area contributed by atoms with E-state index in [1.54, 1.807) is 6.92 Å². The predicted molar refractivity (Wildman–Crippen MR) is 70.1 cm³/mol. The molecule has 1 aliphatic heterocycles. The average molecular weight is 280 g/mol. The van der Waals surface area contributed by atoms with Gasteiger partial charge in [-0.1, -0.05) is 12.1 Å². The molecule has 1 aromatic rings. The summed E-state index contributed by atoms with van der Waals surface area (Å²) in [4.78, 5) is 23.0. The van der Waals surface area contributed by atoms with Gasteiger partial charge in [0.25, 0.3) is 0 Å². The van der Waals surface area contributed by atoms with Crippen LogP contribution in [-0.2, 0) is 9.59 Å². The molecule has 1 aliphatic rings. The Morgan fingerprint density at radius 1 is 1.45 bits per heavy atom. The molecule has 108 valence electrons. The number of hydrogen-bond donors (Lipinski definition) is 3. The van der Waals surface area contributed by atoms with Crippen LogP contribution < -0.4 is 10.6 Å². The molecule has 1 fully saturated rings. The molecule has 0 aromatic heterocycles. The molecule has 1 aromatic carbocycles. The van der Waals surface area contributed by atoms with Crippen LogP contribution in [0.3, 0.4) is 0 Å². The first kappa shape index (κ1) is 14.5. The minimum Gasteiger partial charge on any atom is -0.386 e. The monoisotopic (exact) mass is 280 g/mol. The van der Waals surface area contributed by atoms with Crippen molar-refractivity contribution < 1.29 is 19.1 Å². The third kappa shape index (κ3) is 3.33. The van der Waals surface area contributed by atoms with Crippen molar-refractivity contribution in [1.82, 2.24) is 10.6 Å². The first-order chi connectivity index (χ1) is 9.47. The summed E-state index contributed by atoms with van der Waals surface area (Å²) in [6.07, 6.45) is -0.754. The van der Waals surface area contributed by atoms with Crippen LogP contribution in [0.1, 0.15) is 25.0 Å². The van der Waals surface area contributed by atoms with Crippen molar-refractivity contribution in [2.45, 2.75) is 25.5 Å². The van der Waals surface area contributed by atoms with Crippen LogP contribution in [0.5, 0.6) is 0 Å². The fraction of sp³-hybridized carbons (Fsp3) is 0.429. The van der Waals surface area contributed by atoms with E-state index < -0.39 is 18.1 Å². The fourth-order valence-electron chi connectivity index (χ4n) is 2.16. The lowest BCUT2D eigenvalue weighted by Crippen LogP contribution is -2.41. The second kappa shape index (κ2) is 6.00. The summed E-state index contributed by atoms with van der Waals surface area (Å²) in [6.45, 7) is 1.99. The first-order valence-electron chi connectivity index (χ1n) is 6.48. The van der Waals surface area contributed by atoms with Crippen molar-refractivity contribution in [3.63, 3.8) is 0 Å². The Bertz CT molecular complexity index is 504. The highest BCUT2D eigenvalue weighted by molar-refractivity contribution is 5.89. The number of benzene rings is 1. The van der Waals surface area contributed by atoms with Gasteiger partial charge in [0.15, 0.2) is 0 Å². The highest BCUT2D eigenvalue weighted by atomic mass is 19.1. The molecule has 20 heavy (non-hydrogen) atoms. The van der Waals surface area contributed by atoms with Crippen LogP contribution in [0.15, 0.2) is 24.3 Å². The van der Waals surface area contributed by atoms with Crippen molar-refractivity contribution in [1.29, 1.82) is 0 Å². The summed E-state index contributed by atoms with van der Waals surface area (Å²) in [5.41, 5.74) is 0.528. The van der Waals surface area contributed by atoms with Crippen LogP contribution in [0.2, 0.25) is 0 Å². The molecule has 1 heterocycles. The maximum Gasteiger partial charge on any atom is 0.225 e. The summed E-state index contributed by atoms with van der Waals surface area (Å²) in [5.74, 6) is -1.19. The number of carbonyl (C=O) groups is 2. The molecule has 6 heteroatoms. The number of aliphatic hydroxyl groups excluding tert-OH is 1. The number of rotatable bonds is 4. The van der Waals surface area contributed by atoms with Crippen LogP contribution in [0.25, 0.3) is 0 Å². The maximum atomic E-state index is 12.8. The van der Waals surface area contributed by atoms with E-state index in [9.17, 15) is 19.1 Å². The van der Waals surface area contributed by atoms with E-state index in [0.717, 1.165) is 0 Å². The molecule has 5 nitrogen and oxygen atoms in total. The molecular weight excluding hydrogens is 263 g/mol. The molecule has 2 amide bonds. The molecule has 0 radical (unpaired) electrons. The fourth-order valence-corrected chi connectivity index (χ4v) is 2.16. The van der Waals surface area contributed by atoms with Gasteiger partial charge in [-0.05, 0) is 24.6 Å². The smallest absolute Gasteiger partial charge is 0.225 e. The highest BCUT2D eigenvalue weighted by Crippen LogP contribution is 2.18. The molecule has 0 bridgehead atoms. The number of hydrogen-bond acceptors (Lipinski definition) is 3. The second-order valence-electron chi connectivity index (χ2n) is 5.00. The summed E-state index contributed by atoms with van der Waals surface area (Å²) in [6, 6.07) is 4.94. The Labute approximate surface area is 116 Å². The van der Waals surface area contributed by atoms with Gasteiger partial charge in [0.2, 0.25) is 11.8 Å². The summed E-state index contributed by atoms with van der Waals surface area (Å²) < 4.78 is 12.8. The third-order valence-electron chi connectivity index (χ3n) is 3.40. The van der Waals surface area contributed by atoms with Gasteiger partial charge in [0, 0.05) is 13.0 Å². The van der Waals surface area contributed by atoms with Crippen molar-refractivity contribution in [3.05, 3.63) is 35.6 Å². The Kier molecular flexibility index (Phi) is 4.34. The van der Waals surface area contributed by atoms with Gasteiger partial charge in [-0.3, -0.25) is 9.59 Å². The predicted octanol–water partition coefficient (Wildman–Crippen LogP) is 0.500. The number of aliphatic hydroxyl groups is 1. The van der Waals surface area contributed by atoms with Crippen molar-refractivity contribution in [2.75, 3.05) is 6.54 Å². The van der Waals surface area contributed by atoms with Crippen molar-refractivity contribution in [2.24, 2.45) is 5.92 Å². The molecule has 0 saturated carbocycles. The molecule has 3 N–H and O–H groups in total. The summed E-state index contributed by atoms with van der Waals surface area (Å²) >= 11 is 0. The van der Waals surface area contributed by atoms with Crippen LogP contribution in [0, 0.1) is 11.7 Å². The summed E-state index contributed by atoms with van der Waals surface area (Å²) in [7, 11) is 0. The maximum absolute atomic E-state index is 12.8. The molecule has 0 spiro atoms. The highest BCUT2D eigenvalue weighted by Gasteiger charge is 2.29. The van der Waals surface area contributed by atoms with Crippen LogP contribution in [-0.4, -0.2) is 29.5 Å². The first-order valence-corrected chi connectivity index (χ1v) is 6.48. The Balaban J connectivity index is 1.93. The SMILES string of the molecule is CC(NC(=O)C1CNC(=O)C1)C(O)c1ccc(F)cc1. The number of amides is 2. The van der Waals surface area contributed by atoms with E-state index in [0.29, 0.717) is 12.1 Å². The van der Waals surface area contributed by atoms with Gasteiger partial charge in [0.1, 0.15) is 5.82 Å². The van der Waals surface area contributed by atoms with Gasteiger partial charge in [-0.15, -0.1) is 0 Å². The van der Waals surface area contributed by atoms with E-state index in [1.807, 2.05) is 0 Å². The van der Waals surface area contributed by atoms with E-state index in [-0.39, 0.29) is 24.1 Å². The normalized spacial score (nSPS) is 21.1. The lowest BCUT2D eigenvalue weighted by Gasteiger charge is -2.22. The van der Waals surface area contributed by atoms with Gasteiger partial charge in [-0.2, -0.15) is 0 Å². The zero-order valence-electron chi connectivity index (χ0n) is 11.1. The molecule has 0 aliphatic carbocycles. The van der Waals surface area contributed by atoms with Gasteiger partial charge in [0.05, 0.1) is 18.1 Å². The van der Waals surface area contributed by atoms with Crippen LogP contribution >= 0.6 is 0 Å². The van der Waals surface area contributed by atoms with Crippen molar-refractivity contribution in [3.8, 4) is 0 Å². The lowest BCUT2D eigenvalue weighted by molar-refractivity contribution is -0.127. The second-order valence-corrected chi connectivity index (χ2v) is 5.00. The third-order valence-corrected chi connectivity index (χ3v) is 3.40. The standard InChI is InChI=1S/C14H17FN2O3/c1-8(13(19)9-2-4-11(15)5-3-9)17-14(20)10-6-12(18)16-7-10/h2-5,8,10,13,19H,6-7H2,1H3,(H,16,18)(H,17,20). The van der Waals surface area contributed by atoms with Crippen LogP contribution in [0.4, 0.5) is 4.39 Å². The summed E-state index contributed by atoms with van der Waals surface area (Å²) in [5, 5.41) is 15.4. The molecule has 3 atom stereocenters.